The van der Waals surface area contributed by atoms with E-state index in [1.54, 1.807) is 31.4 Å². The number of fused-ring (bicyclic) bond motifs is 1. The number of carbonyl (C=O) groups excluding carboxylic acids is 2. The minimum atomic E-state index is -0.147. The molecule has 30 heavy (non-hydrogen) atoms. The van der Waals surface area contributed by atoms with Crippen LogP contribution in [0.25, 0.3) is 0 Å². The standard InChI is InChI=1S/C25H24N2O3/c1-17-5-3-4-6-22(17)25(29)27-14-13-19-8-7-18(15-23(19)27)16-26-24(28)20-9-11-21(30-2)12-10-20/h3-12,15H,13-14,16H2,1-2H3,(H,26,28). The predicted octanol–water partition coefficient (Wildman–Crippen LogP) is 4.14. The fraction of sp³-hybridized carbons (Fsp3) is 0.200. The summed E-state index contributed by atoms with van der Waals surface area (Å²) >= 11 is 0. The molecule has 0 aromatic heterocycles. The first kappa shape index (κ1) is 19.7. The van der Waals surface area contributed by atoms with E-state index < -0.39 is 0 Å². The molecule has 152 valence electrons. The van der Waals surface area contributed by atoms with E-state index in [1.165, 1.54) is 0 Å². The molecule has 1 aliphatic heterocycles. The molecule has 0 radical (unpaired) electrons. The van der Waals surface area contributed by atoms with Crippen molar-refractivity contribution in [1.29, 1.82) is 0 Å². The van der Waals surface area contributed by atoms with Crippen LogP contribution in [0.15, 0.2) is 66.7 Å². The average Bonchev–Trinajstić information content (AvgIpc) is 3.20. The molecule has 1 heterocycles. The lowest BCUT2D eigenvalue weighted by molar-refractivity contribution is 0.0949. The van der Waals surface area contributed by atoms with Crippen LogP contribution in [-0.4, -0.2) is 25.5 Å². The zero-order valence-electron chi connectivity index (χ0n) is 17.1. The molecule has 0 aliphatic carbocycles. The highest BCUT2D eigenvalue weighted by atomic mass is 16.5. The number of methoxy groups -OCH3 is 1. The second-order valence-corrected chi connectivity index (χ2v) is 7.40. The number of amides is 2. The lowest BCUT2D eigenvalue weighted by atomic mass is 10.1. The van der Waals surface area contributed by atoms with Crippen LogP contribution >= 0.6 is 0 Å². The van der Waals surface area contributed by atoms with Gasteiger partial charge in [0.15, 0.2) is 0 Å². The summed E-state index contributed by atoms with van der Waals surface area (Å²) in [6, 6.07) is 20.7. The van der Waals surface area contributed by atoms with Gasteiger partial charge in [-0.2, -0.15) is 0 Å². The molecule has 0 unspecified atom stereocenters. The number of hydrogen-bond donors (Lipinski definition) is 1. The molecule has 1 N–H and O–H groups in total. The molecule has 3 aromatic carbocycles. The number of nitrogens with zero attached hydrogens (tertiary/aromatic N) is 1. The highest BCUT2D eigenvalue weighted by Crippen LogP contribution is 2.31. The first-order chi connectivity index (χ1) is 14.6. The number of aryl methyl sites for hydroxylation is 1. The van der Waals surface area contributed by atoms with Crippen molar-refractivity contribution in [1.82, 2.24) is 5.32 Å². The molecule has 3 aromatic rings. The third-order valence-corrected chi connectivity index (χ3v) is 5.47. The molecule has 1 aliphatic rings. The molecule has 0 fully saturated rings. The van der Waals surface area contributed by atoms with Gasteiger partial charge in [0.05, 0.1) is 7.11 Å². The summed E-state index contributed by atoms with van der Waals surface area (Å²) in [6.45, 7) is 3.02. The van der Waals surface area contributed by atoms with E-state index >= 15 is 0 Å². The SMILES string of the molecule is COc1ccc(C(=O)NCc2ccc3c(c2)N(C(=O)c2ccccc2C)CC3)cc1. The number of benzene rings is 3. The van der Waals surface area contributed by atoms with Crippen LogP contribution in [0.5, 0.6) is 5.75 Å². The molecule has 2 amide bonds. The van der Waals surface area contributed by atoms with Gasteiger partial charge in [0.1, 0.15) is 5.75 Å². The van der Waals surface area contributed by atoms with E-state index in [0.29, 0.717) is 24.4 Å². The highest BCUT2D eigenvalue weighted by Gasteiger charge is 2.26. The van der Waals surface area contributed by atoms with Crippen molar-refractivity contribution in [2.24, 2.45) is 0 Å². The summed E-state index contributed by atoms with van der Waals surface area (Å²) in [7, 11) is 1.59. The summed E-state index contributed by atoms with van der Waals surface area (Å²) in [6.07, 6.45) is 0.839. The van der Waals surface area contributed by atoms with Crippen molar-refractivity contribution in [2.45, 2.75) is 19.9 Å². The van der Waals surface area contributed by atoms with Crippen molar-refractivity contribution in [2.75, 3.05) is 18.6 Å². The topological polar surface area (TPSA) is 58.6 Å². The summed E-state index contributed by atoms with van der Waals surface area (Å²) in [5.41, 5.74) is 5.32. The number of hydrogen-bond acceptors (Lipinski definition) is 3. The lowest BCUT2D eigenvalue weighted by Crippen LogP contribution is -2.29. The van der Waals surface area contributed by atoms with Gasteiger partial charge in [-0.1, -0.05) is 30.3 Å². The Labute approximate surface area is 176 Å². The molecule has 0 bridgehead atoms. The maximum absolute atomic E-state index is 13.1. The largest absolute Gasteiger partial charge is 0.497 e. The molecule has 0 saturated carbocycles. The van der Waals surface area contributed by atoms with Gasteiger partial charge in [-0.25, -0.2) is 0 Å². The van der Waals surface area contributed by atoms with Gasteiger partial charge in [-0.05, 0) is 66.4 Å². The Bertz CT molecular complexity index is 1090. The third kappa shape index (κ3) is 3.92. The van der Waals surface area contributed by atoms with Gasteiger partial charge in [-0.15, -0.1) is 0 Å². The Morgan fingerprint density at radius 3 is 2.53 bits per heavy atom. The van der Waals surface area contributed by atoms with Crippen LogP contribution in [0.1, 0.15) is 37.4 Å². The van der Waals surface area contributed by atoms with E-state index in [4.69, 9.17) is 4.74 Å². The maximum atomic E-state index is 13.1. The van der Waals surface area contributed by atoms with Gasteiger partial charge < -0.3 is 15.0 Å². The summed E-state index contributed by atoms with van der Waals surface area (Å²) in [4.78, 5) is 27.4. The minimum Gasteiger partial charge on any atom is -0.497 e. The lowest BCUT2D eigenvalue weighted by Gasteiger charge is -2.19. The monoisotopic (exact) mass is 400 g/mol. The minimum absolute atomic E-state index is 0.0197. The number of anilines is 1. The van der Waals surface area contributed by atoms with Gasteiger partial charge in [0, 0.05) is 29.9 Å². The Kier molecular flexibility index (Phi) is 5.53. The first-order valence-corrected chi connectivity index (χ1v) is 9.98. The fourth-order valence-electron chi connectivity index (χ4n) is 3.73. The molecule has 5 heteroatoms. The normalized spacial score (nSPS) is 12.4. The number of rotatable bonds is 5. The quantitative estimate of drug-likeness (QED) is 0.700. The molecule has 4 rings (SSSR count). The van der Waals surface area contributed by atoms with Gasteiger partial charge in [0.25, 0.3) is 11.8 Å². The second kappa shape index (κ2) is 8.41. The van der Waals surface area contributed by atoms with E-state index in [9.17, 15) is 9.59 Å². The average molecular weight is 400 g/mol. The summed E-state index contributed by atoms with van der Waals surface area (Å²) < 4.78 is 5.13. The Morgan fingerprint density at radius 1 is 1.03 bits per heavy atom. The van der Waals surface area contributed by atoms with Gasteiger partial charge in [-0.3, -0.25) is 9.59 Å². The van der Waals surface area contributed by atoms with Crippen LogP contribution in [-0.2, 0) is 13.0 Å². The molecule has 0 saturated heterocycles. The van der Waals surface area contributed by atoms with E-state index in [0.717, 1.165) is 34.4 Å². The summed E-state index contributed by atoms with van der Waals surface area (Å²) in [5, 5.41) is 2.95. The van der Waals surface area contributed by atoms with Crippen LogP contribution in [0, 0.1) is 6.92 Å². The highest BCUT2D eigenvalue weighted by molar-refractivity contribution is 6.08. The number of nitrogens with one attached hydrogen (secondary N) is 1. The molecule has 5 nitrogen and oxygen atoms in total. The molecular weight excluding hydrogens is 376 g/mol. The second-order valence-electron chi connectivity index (χ2n) is 7.40. The smallest absolute Gasteiger partial charge is 0.258 e. The van der Waals surface area contributed by atoms with Gasteiger partial charge >= 0.3 is 0 Å². The maximum Gasteiger partial charge on any atom is 0.258 e. The van der Waals surface area contributed by atoms with Crippen LogP contribution < -0.4 is 15.0 Å². The molecular formula is C25H24N2O3. The van der Waals surface area contributed by atoms with E-state index in [2.05, 4.69) is 11.4 Å². The van der Waals surface area contributed by atoms with Crippen LogP contribution in [0.4, 0.5) is 5.69 Å². The fourth-order valence-corrected chi connectivity index (χ4v) is 3.73. The molecule has 0 spiro atoms. The van der Waals surface area contributed by atoms with Crippen molar-refractivity contribution in [3.63, 3.8) is 0 Å². The zero-order valence-corrected chi connectivity index (χ0v) is 17.1. The van der Waals surface area contributed by atoms with Gasteiger partial charge in [0.2, 0.25) is 0 Å². The number of ether oxygens (including phenoxy) is 1. The third-order valence-electron chi connectivity index (χ3n) is 5.47. The van der Waals surface area contributed by atoms with E-state index in [-0.39, 0.29) is 11.8 Å². The van der Waals surface area contributed by atoms with Crippen molar-refractivity contribution in [3.05, 3.63) is 94.5 Å². The molecule has 0 atom stereocenters. The van der Waals surface area contributed by atoms with Crippen LogP contribution in [0.2, 0.25) is 0 Å². The first-order valence-electron chi connectivity index (χ1n) is 9.98. The summed E-state index contributed by atoms with van der Waals surface area (Å²) in [5.74, 6) is 0.584. The van der Waals surface area contributed by atoms with E-state index in [1.807, 2.05) is 48.2 Å². The number of carbonyl (C=O) groups is 2. The van der Waals surface area contributed by atoms with Crippen molar-refractivity contribution in [3.8, 4) is 5.75 Å². The van der Waals surface area contributed by atoms with Crippen molar-refractivity contribution >= 4 is 17.5 Å². The Morgan fingerprint density at radius 2 is 1.80 bits per heavy atom. The Hall–Kier alpha value is -3.60. The van der Waals surface area contributed by atoms with Crippen molar-refractivity contribution < 1.29 is 14.3 Å². The Balaban J connectivity index is 1.48. The zero-order chi connectivity index (χ0) is 21.1. The van der Waals surface area contributed by atoms with Crippen LogP contribution in [0.3, 0.4) is 0 Å². The predicted molar refractivity (Wildman–Crippen MR) is 117 cm³/mol.